The van der Waals surface area contributed by atoms with E-state index < -0.39 is 22.2 Å². The van der Waals surface area contributed by atoms with Gasteiger partial charge in [-0.3, -0.25) is 4.79 Å². The summed E-state index contributed by atoms with van der Waals surface area (Å²) in [6, 6.07) is 5.47. The number of aromatic nitrogens is 1. The summed E-state index contributed by atoms with van der Waals surface area (Å²) >= 11 is 1.39. The zero-order chi connectivity index (χ0) is 28.8. The maximum Gasteiger partial charge on any atom is 0.490 e. The lowest BCUT2D eigenvalue weighted by atomic mass is 10.1. The Morgan fingerprint density at radius 1 is 1.13 bits per heavy atom. The Hall–Kier alpha value is -2.55. The molecular formula is C25H33F3N4O5S2. The van der Waals surface area contributed by atoms with Gasteiger partial charge in [0.1, 0.15) is 0 Å². The Kier molecular flexibility index (Phi) is 10.5. The van der Waals surface area contributed by atoms with Crippen LogP contribution < -0.4 is 10.0 Å². The number of carbonyl (C=O) groups is 2. The van der Waals surface area contributed by atoms with E-state index in [1.165, 1.54) is 24.2 Å². The van der Waals surface area contributed by atoms with Gasteiger partial charge in [0.15, 0.2) is 5.13 Å². The highest BCUT2D eigenvalue weighted by Crippen LogP contribution is 2.35. The van der Waals surface area contributed by atoms with E-state index in [1.54, 1.807) is 6.07 Å². The Morgan fingerprint density at radius 2 is 1.74 bits per heavy atom. The molecule has 1 saturated heterocycles. The van der Waals surface area contributed by atoms with Gasteiger partial charge in [-0.1, -0.05) is 36.3 Å². The smallest absolute Gasteiger partial charge is 0.475 e. The molecular weight excluding hydrogens is 557 g/mol. The van der Waals surface area contributed by atoms with Crippen molar-refractivity contribution in [2.45, 2.75) is 63.4 Å². The number of aryl methyl sites for hydroxylation is 2. The van der Waals surface area contributed by atoms with E-state index in [0.29, 0.717) is 22.1 Å². The van der Waals surface area contributed by atoms with Gasteiger partial charge in [0.2, 0.25) is 15.9 Å². The van der Waals surface area contributed by atoms with Crippen LogP contribution in [0.5, 0.6) is 0 Å². The number of hydrogen-bond acceptors (Lipinski definition) is 7. The van der Waals surface area contributed by atoms with Gasteiger partial charge in [0, 0.05) is 19.0 Å². The van der Waals surface area contributed by atoms with Crippen LogP contribution in [-0.2, 0) is 19.6 Å². The molecule has 39 heavy (non-hydrogen) atoms. The summed E-state index contributed by atoms with van der Waals surface area (Å²) in [6.45, 7) is 6.92. The number of nitrogens with one attached hydrogen (secondary N) is 2. The van der Waals surface area contributed by atoms with E-state index in [0.717, 1.165) is 61.5 Å². The number of rotatable bonds is 8. The molecule has 216 valence electrons. The molecule has 0 unspecified atom stereocenters. The van der Waals surface area contributed by atoms with Crippen molar-refractivity contribution in [3.63, 3.8) is 0 Å². The SMILES string of the molecule is Cc1ccc(-c2sc(NC(=O)C3CCCC3)nc2C)cc1S(=O)(=O)NCCN1CCCC1.O=C(O)C(F)(F)F. The maximum absolute atomic E-state index is 13.0. The lowest BCUT2D eigenvalue weighted by Crippen LogP contribution is -2.33. The number of carbonyl (C=O) groups excluding carboxylic acids is 1. The molecule has 14 heteroatoms. The standard InChI is InChI=1S/C23H32N4O3S2.C2HF3O2/c1-16-9-10-19(15-20(16)32(29,30)24-11-14-27-12-5-6-13-27)21-17(2)25-23(31-21)26-22(28)18-7-3-4-8-18;3-2(4,5)1(6)7/h9-10,15,18,24H,3-8,11-14H2,1-2H3,(H,25,26,28);(H,6,7). The van der Waals surface area contributed by atoms with Crippen molar-refractivity contribution in [2.24, 2.45) is 5.92 Å². The van der Waals surface area contributed by atoms with Crippen molar-refractivity contribution in [1.29, 1.82) is 0 Å². The first-order valence-electron chi connectivity index (χ1n) is 12.7. The molecule has 9 nitrogen and oxygen atoms in total. The van der Waals surface area contributed by atoms with Gasteiger partial charge in [-0.05, 0) is 69.8 Å². The monoisotopic (exact) mass is 590 g/mol. The third-order valence-corrected chi connectivity index (χ3v) is 9.38. The number of benzene rings is 1. The minimum Gasteiger partial charge on any atom is -0.475 e. The number of carboxylic acids is 1. The van der Waals surface area contributed by atoms with E-state index in [2.05, 4.69) is 19.9 Å². The topological polar surface area (TPSA) is 129 Å². The molecule has 1 amide bonds. The summed E-state index contributed by atoms with van der Waals surface area (Å²) in [7, 11) is -3.61. The predicted molar refractivity (Wildman–Crippen MR) is 142 cm³/mol. The number of thiazole rings is 1. The van der Waals surface area contributed by atoms with Crippen LogP contribution in [0.15, 0.2) is 23.1 Å². The van der Waals surface area contributed by atoms with E-state index in [-0.39, 0.29) is 11.8 Å². The summed E-state index contributed by atoms with van der Waals surface area (Å²) in [5.74, 6) is -2.64. The van der Waals surface area contributed by atoms with Crippen molar-refractivity contribution in [3.8, 4) is 10.4 Å². The zero-order valence-electron chi connectivity index (χ0n) is 21.8. The molecule has 1 aliphatic heterocycles. The van der Waals surface area contributed by atoms with E-state index in [9.17, 15) is 26.4 Å². The number of anilines is 1. The summed E-state index contributed by atoms with van der Waals surface area (Å²) in [5, 5.41) is 10.7. The fourth-order valence-electron chi connectivity index (χ4n) is 4.57. The quantitative estimate of drug-likeness (QED) is 0.411. The molecule has 0 bridgehead atoms. The van der Waals surface area contributed by atoms with Gasteiger partial charge in [-0.25, -0.2) is 22.9 Å². The van der Waals surface area contributed by atoms with Crippen LogP contribution in [0, 0.1) is 19.8 Å². The Labute approximate surface area is 229 Å². The molecule has 1 aromatic carbocycles. The van der Waals surface area contributed by atoms with E-state index >= 15 is 0 Å². The van der Waals surface area contributed by atoms with Gasteiger partial charge in [-0.2, -0.15) is 13.2 Å². The fourth-order valence-corrected chi connectivity index (χ4v) is 6.82. The number of nitrogens with zero attached hydrogens (tertiary/aromatic N) is 2. The fraction of sp³-hybridized carbons (Fsp3) is 0.560. The number of halogens is 3. The zero-order valence-corrected chi connectivity index (χ0v) is 23.4. The molecule has 1 saturated carbocycles. The summed E-state index contributed by atoms with van der Waals surface area (Å²) in [6.07, 6.45) is 1.37. The molecule has 1 aliphatic carbocycles. The second-order valence-corrected chi connectivity index (χ2v) is 12.4. The van der Waals surface area contributed by atoms with Crippen molar-refractivity contribution in [1.82, 2.24) is 14.6 Å². The molecule has 1 aromatic heterocycles. The Bertz CT molecular complexity index is 1270. The number of likely N-dealkylation sites (tertiary alicyclic amines) is 1. The van der Waals surface area contributed by atoms with Crippen LogP contribution in [0.3, 0.4) is 0 Å². The molecule has 0 spiro atoms. The second kappa shape index (κ2) is 13.2. The number of aliphatic carboxylic acids is 1. The number of amides is 1. The Balaban J connectivity index is 0.000000532. The number of hydrogen-bond donors (Lipinski definition) is 3. The molecule has 2 heterocycles. The van der Waals surface area contributed by atoms with E-state index in [1.807, 2.05) is 26.0 Å². The predicted octanol–water partition coefficient (Wildman–Crippen LogP) is 4.56. The maximum atomic E-state index is 13.0. The first-order valence-corrected chi connectivity index (χ1v) is 15.0. The Morgan fingerprint density at radius 3 is 2.33 bits per heavy atom. The van der Waals surface area contributed by atoms with Gasteiger partial charge >= 0.3 is 12.1 Å². The van der Waals surface area contributed by atoms with Crippen LogP contribution in [0.4, 0.5) is 18.3 Å². The van der Waals surface area contributed by atoms with Gasteiger partial charge in [0.05, 0.1) is 15.5 Å². The minimum atomic E-state index is -5.08. The van der Waals surface area contributed by atoms with Crippen molar-refractivity contribution in [3.05, 3.63) is 29.5 Å². The van der Waals surface area contributed by atoms with Gasteiger partial charge < -0.3 is 15.3 Å². The first kappa shape index (κ1) is 31.0. The minimum absolute atomic E-state index is 0.0391. The third-order valence-electron chi connectivity index (χ3n) is 6.65. The number of alkyl halides is 3. The lowest BCUT2D eigenvalue weighted by Gasteiger charge is -2.16. The summed E-state index contributed by atoms with van der Waals surface area (Å²) in [4.78, 5) is 29.3. The van der Waals surface area contributed by atoms with Crippen LogP contribution in [-0.4, -0.2) is 67.6 Å². The normalized spacial score (nSPS) is 16.6. The number of sulfonamides is 1. The average Bonchev–Trinajstić information content (AvgIpc) is 3.62. The summed E-state index contributed by atoms with van der Waals surface area (Å²) < 4.78 is 60.5. The molecule has 3 N–H and O–H groups in total. The highest BCUT2D eigenvalue weighted by atomic mass is 32.2. The average molecular weight is 591 g/mol. The highest BCUT2D eigenvalue weighted by Gasteiger charge is 2.38. The van der Waals surface area contributed by atoms with Crippen molar-refractivity contribution >= 4 is 38.4 Å². The van der Waals surface area contributed by atoms with Crippen LogP contribution in [0.2, 0.25) is 0 Å². The lowest BCUT2D eigenvalue weighted by molar-refractivity contribution is -0.192. The largest absolute Gasteiger partial charge is 0.490 e. The summed E-state index contributed by atoms with van der Waals surface area (Å²) in [5.41, 5.74) is 2.29. The van der Waals surface area contributed by atoms with Crippen LogP contribution in [0.1, 0.15) is 49.8 Å². The van der Waals surface area contributed by atoms with Crippen molar-refractivity contribution in [2.75, 3.05) is 31.5 Å². The van der Waals surface area contributed by atoms with E-state index in [4.69, 9.17) is 9.90 Å². The molecule has 0 radical (unpaired) electrons. The highest BCUT2D eigenvalue weighted by molar-refractivity contribution is 7.89. The number of carboxylic acid groups (broad SMARTS) is 1. The molecule has 0 atom stereocenters. The van der Waals surface area contributed by atoms with Crippen LogP contribution >= 0.6 is 11.3 Å². The molecule has 2 aromatic rings. The van der Waals surface area contributed by atoms with Gasteiger partial charge in [-0.15, -0.1) is 0 Å². The second-order valence-electron chi connectivity index (χ2n) is 9.63. The third kappa shape index (κ3) is 8.72. The van der Waals surface area contributed by atoms with Crippen molar-refractivity contribution < 1.29 is 36.3 Å². The molecule has 2 fully saturated rings. The molecule has 4 rings (SSSR count). The van der Waals surface area contributed by atoms with Crippen LogP contribution in [0.25, 0.3) is 10.4 Å². The molecule has 2 aliphatic rings. The van der Waals surface area contributed by atoms with Gasteiger partial charge in [0.25, 0.3) is 0 Å². The first-order chi connectivity index (χ1) is 18.3.